The van der Waals surface area contributed by atoms with E-state index in [0.717, 1.165) is 16.5 Å². The number of nitrogen functional groups attached to an aromatic ring is 1. The molecule has 8 heteroatoms. The number of anilines is 1. The second kappa shape index (κ2) is 5.89. The molecule has 0 aliphatic rings. The summed E-state index contributed by atoms with van der Waals surface area (Å²) in [5.74, 6) is 0.0683. The first-order valence-corrected chi connectivity index (χ1v) is 7.88. The molecule has 0 bridgehead atoms. The van der Waals surface area contributed by atoms with Crippen LogP contribution in [-0.2, 0) is 7.05 Å². The van der Waals surface area contributed by atoms with Gasteiger partial charge in [-0.05, 0) is 25.1 Å². The van der Waals surface area contributed by atoms with Crippen molar-refractivity contribution in [1.82, 2.24) is 29.9 Å². The standard InChI is InChI=1S/C18H14N8/c1-10-15(25-26(2)24-10)17-16(22-14(9-19)18(20)23-17)12-5-6-13-11(8-12)4-3-7-21-13/h3-8H,1-2H3,(H2,20,23). The smallest absolute Gasteiger partial charge is 0.183 e. The molecule has 0 saturated carbocycles. The van der Waals surface area contributed by atoms with Crippen molar-refractivity contribution >= 4 is 16.7 Å². The first kappa shape index (κ1) is 15.7. The van der Waals surface area contributed by atoms with Gasteiger partial charge in [-0.1, -0.05) is 12.1 Å². The van der Waals surface area contributed by atoms with Crippen LogP contribution in [-0.4, -0.2) is 29.9 Å². The molecule has 0 unspecified atom stereocenters. The van der Waals surface area contributed by atoms with Gasteiger partial charge in [0.05, 0.1) is 11.2 Å². The first-order chi connectivity index (χ1) is 12.6. The molecule has 3 aromatic heterocycles. The first-order valence-electron chi connectivity index (χ1n) is 7.88. The lowest BCUT2D eigenvalue weighted by Gasteiger charge is -2.09. The van der Waals surface area contributed by atoms with E-state index in [1.54, 1.807) is 13.2 Å². The third kappa shape index (κ3) is 2.52. The molecule has 0 atom stereocenters. The molecule has 126 valence electrons. The van der Waals surface area contributed by atoms with E-state index in [1.807, 2.05) is 43.3 Å². The average Bonchev–Trinajstić information content (AvgIpc) is 2.99. The zero-order chi connectivity index (χ0) is 18.3. The van der Waals surface area contributed by atoms with E-state index in [9.17, 15) is 5.26 Å². The van der Waals surface area contributed by atoms with Crippen molar-refractivity contribution in [2.75, 3.05) is 5.73 Å². The molecule has 0 aliphatic carbocycles. The topological polar surface area (TPSA) is 119 Å². The molecule has 0 radical (unpaired) electrons. The zero-order valence-corrected chi connectivity index (χ0v) is 14.2. The fraction of sp³-hybridized carbons (Fsp3) is 0.111. The Hall–Kier alpha value is -3.86. The van der Waals surface area contributed by atoms with Gasteiger partial charge in [-0.3, -0.25) is 4.98 Å². The van der Waals surface area contributed by atoms with Gasteiger partial charge in [-0.2, -0.15) is 20.3 Å². The Bertz CT molecular complexity index is 1190. The molecule has 3 heterocycles. The van der Waals surface area contributed by atoms with Crippen LogP contribution < -0.4 is 5.73 Å². The number of rotatable bonds is 2. The number of aryl methyl sites for hydroxylation is 2. The third-order valence-electron chi connectivity index (χ3n) is 4.01. The molecule has 2 N–H and O–H groups in total. The van der Waals surface area contributed by atoms with Crippen LogP contribution in [0.3, 0.4) is 0 Å². The van der Waals surface area contributed by atoms with Gasteiger partial charge < -0.3 is 5.73 Å². The zero-order valence-electron chi connectivity index (χ0n) is 14.2. The highest BCUT2D eigenvalue weighted by Crippen LogP contribution is 2.32. The molecule has 0 aliphatic heterocycles. The SMILES string of the molecule is Cc1nn(C)nc1-c1nc(N)c(C#N)nc1-c1ccc2ncccc2c1. The van der Waals surface area contributed by atoms with Crippen molar-refractivity contribution in [3.8, 4) is 28.7 Å². The number of aromatic nitrogens is 6. The van der Waals surface area contributed by atoms with E-state index in [2.05, 4.69) is 25.1 Å². The molecule has 1 aromatic carbocycles. The minimum atomic E-state index is 0.0683. The lowest BCUT2D eigenvalue weighted by molar-refractivity contribution is 0.650. The molecular weight excluding hydrogens is 328 g/mol. The second-order valence-electron chi connectivity index (χ2n) is 5.80. The molecule has 0 fully saturated rings. The van der Waals surface area contributed by atoms with Crippen molar-refractivity contribution in [3.63, 3.8) is 0 Å². The maximum atomic E-state index is 9.31. The maximum Gasteiger partial charge on any atom is 0.183 e. The Morgan fingerprint density at radius 3 is 2.65 bits per heavy atom. The van der Waals surface area contributed by atoms with Crippen molar-refractivity contribution in [2.45, 2.75) is 6.92 Å². The Morgan fingerprint density at radius 1 is 1.08 bits per heavy atom. The fourth-order valence-electron chi connectivity index (χ4n) is 2.84. The molecular formula is C18H14N8. The second-order valence-corrected chi connectivity index (χ2v) is 5.80. The van der Waals surface area contributed by atoms with Gasteiger partial charge in [0.15, 0.2) is 11.5 Å². The summed E-state index contributed by atoms with van der Waals surface area (Å²) < 4.78 is 0. The Morgan fingerprint density at radius 2 is 1.92 bits per heavy atom. The van der Waals surface area contributed by atoms with Crippen molar-refractivity contribution in [2.24, 2.45) is 7.05 Å². The monoisotopic (exact) mass is 342 g/mol. The predicted octanol–water partition coefficient (Wildman–Crippen LogP) is 2.25. The fourth-order valence-corrected chi connectivity index (χ4v) is 2.84. The number of nitrogens with two attached hydrogens (primary N) is 1. The highest BCUT2D eigenvalue weighted by Gasteiger charge is 2.20. The predicted molar refractivity (Wildman–Crippen MR) is 96.6 cm³/mol. The molecule has 26 heavy (non-hydrogen) atoms. The molecule has 8 nitrogen and oxygen atoms in total. The summed E-state index contributed by atoms with van der Waals surface area (Å²) in [5.41, 5.74) is 9.97. The van der Waals surface area contributed by atoms with Crippen molar-refractivity contribution in [3.05, 3.63) is 47.9 Å². The summed E-state index contributed by atoms with van der Waals surface area (Å²) in [6.07, 6.45) is 1.74. The summed E-state index contributed by atoms with van der Waals surface area (Å²) >= 11 is 0. The van der Waals surface area contributed by atoms with Crippen LogP contribution in [0.15, 0.2) is 36.5 Å². The van der Waals surface area contributed by atoms with Gasteiger partial charge in [-0.15, -0.1) is 0 Å². The quantitative estimate of drug-likeness (QED) is 0.593. The van der Waals surface area contributed by atoms with Gasteiger partial charge in [0, 0.05) is 24.2 Å². The minimum absolute atomic E-state index is 0.0683. The highest BCUT2D eigenvalue weighted by atomic mass is 15.5. The van der Waals surface area contributed by atoms with Gasteiger partial charge in [0.1, 0.15) is 23.2 Å². The number of hydrogen-bond donors (Lipinski definition) is 1. The Balaban J connectivity index is 2.01. The van der Waals surface area contributed by atoms with Crippen LogP contribution in [0.1, 0.15) is 11.4 Å². The van der Waals surface area contributed by atoms with E-state index >= 15 is 0 Å². The summed E-state index contributed by atoms with van der Waals surface area (Å²) in [6, 6.07) is 11.6. The number of nitrogens with zero attached hydrogens (tertiary/aromatic N) is 7. The molecule has 4 aromatic rings. The highest BCUT2D eigenvalue weighted by molar-refractivity contribution is 5.87. The van der Waals surface area contributed by atoms with E-state index < -0.39 is 0 Å². The van der Waals surface area contributed by atoms with E-state index in [0.29, 0.717) is 22.8 Å². The summed E-state index contributed by atoms with van der Waals surface area (Å²) in [7, 11) is 1.73. The van der Waals surface area contributed by atoms with Crippen LogP contribution in [0.25, 0.3) is 33.5 Å². The lowest BCUT2D eigenvalue weighted by Crippen LogP contribution is -2.04. The van der Waals surface area contributed by atoms with Crippen molar-refractivity contribution < 1.29 is 0 Å². The van der Waals surface area contributed by atoms with Crippen LogP contribution in [0.5, 0.6) is 0 Å². The summed E-state index contributed by atoms with van der Waals surface area (Å²) in [5, 5.41) is 18.9. The molecule has 0 amide bonds. The molecule has 0 saturated heterocycles. The number of benzene rings is 1. The lowest BCUT2D eigenvalue weighted by atomic mass is 10.0. The van der Waals surface area contributed by atoms with Crippen LogP contribution in [0.2, 0.25) is 0 Å². The van der Waals surface area contributed by atoms with Gasteiger partial charge in [-0.25, -0.2) is 9.97 Å². The maximum absolute atomic E-state index is 9.31. The van der Waals surface area contributed by atoms with Gasteiger partial charge in [0.2, 0.25) is 0 Å². The van der Waals surface area contributed by atoms with Gasteiger partial charge >= 0.3 is 0 Å². The van der Waals surface area contributed by atoms with E-state index in [-0.39, 0.29) is 11.5 Å². The van der Waals surface area contributed by atoms with Crippen LogP contribution in [0, 0.1) is 18.3 Å². The number of pyridine rings is 1. The molecule has 0 spiro atoms. The van der Waals surface area contributed by atoms with Crippen LogP contribution in [0.4, 0.5) is 5.82 Å². The van der Waals surface area contributed by atoms with Crippen LogP contribution >= 0.6 is 0 Å². The summed E-state index contributed by atoms with van der Waals surface area (Å²) in [4.78, 5) is 14.6. The Labute approximate surface area is 149 Å². The summed E-state index contributed by atoms with van der Waals surface area (Å²) in [6.45, 7) is 1.84. The minimum Gasteiger partial charge on any atom is -0.381 e. The van der Waals surface area contributed by atoms with E-state index in [4.69, 9.17) is 5.73 Å². The Kier molecular flexibility index (Phi) is 3.55. The van der Waals surface area contributed by atoms with Crippen molar-refractivity contribution in [1.29, 1.82) is 5.26 Å². The molecule has 4 rings (SSSR count). The largest absolute Gasteiger partial charge is 0.381 e. The number of hydrogen-bond acceptors (Lipinski definition) is 7. The van der Waals surface area contributed by atoms with E-state index in [1.165, 1.54) is 4.80 Å². The average molecular weight is 342 g/mol. The number of nitriles is 1. The third-order valence-corrected chi connectivity index (χ3v) is 4.01. The number of fused-ring (bicyclic) bond motifs is 1. The van der Waals surface area contributed by atoms with Gasteiger partial charge in [0.25, 0.3) is 0 Å². The normalized spacial score (nSPS) is 10.8.